The van der Waals surface area contributed by atoms with Gasteiger partial charge in [-0.15, -0.1) is 0 Å². The van der Waals surface area contributed by atoms with E-state index in [1.165, 1.54) is 0 Å². The zero-order valence-corrected chi connectivity index (χ0v) is 8.56. The number of hydrogen-bond donors (Lipinski definition) is 2. The monoisotopic (exact) mass is 250 g/mol. The lowest BCUT2D eigenvalue weighted by atomic mass is 10.1. The van der Waals surface area contributed by atoms with Gasteiger partial charge >= 0.3 is 0 Å². The molecule has 0 bridgehead atoms. The van der Waals surface area contributed by atoms with Crippen LogP contribution in [-0.2, 0) is 6.42 Å². The number of phenolic OH excluding ortho intramolecular Hbond substituents is 1. The molecule has 2 N–H and O–H groups in total. The normalized spacial score (nSPS) is 10.2. The van der Waals surface area contributed by atoms with Crippen molar-refractivity contribution in [2.24, 2.45) is 0 Å². The zero-order chi connectivity index (χ0) is 9.14. The van der Waals surface area contributed by atoms with Crippen molar-refractivity contribution in [1.29, 1.82) is 0 Å². The molecule has 1 rings (SSSR count). The Morgan fingerprint density at radius 2 is 2.08 bits per heavy atom. The van der Waals surface area contributed by atoms with Gasteiger partial charge in [-0.3, -0.25) is 0 Å². The summed E-state index contributed by atoms with van der Waals surface area (Å²) in [5.74, 6) is 0.122. The van der Waals surface area contributed by atoms with Gasteiger partial charge in [0, 0.05) is 23.1 Å². The third kappa shape index (κ3) is 1.91. The van der Waals surface area contributed by atoms with E-state index in [0.717, 1.165) is 4.47 Å². The number of aliphatic hydroxyl groups is 1. The van der Waals surface area contributed by atoms with Gasteiger partial charge in [-0.1, -0.05) is 11.6 Å². The lowest BCUT2D eigenvalue weighted by molar-refractivity contribution is 0.297. The molecule has 0 radical (unpaired) electrons. The average molecular weight is 252 g/mol. The van der Waals surface area contributed by atoms with Crippen LogP contribution in [0, 0.1) is 0 Å². The first-order valence-corrected chi connectivity index (χ1v) is 4.60. The van der Waals surface area contributed by atoms with Crippen LogP contribution in [0.15, 0.2) is 16.6 Å². The van der Waals surface area contributed by atoms with E-state index < -0.39 is 0 Å². The molecule has 0 fully saturated rings. The third-order valence-corrected chi connectivity index (χ3v) is 2.85. The molecule has 1 aromatic rings. The van der Waals surface area contributed by atoms with Gasteiger partial charge in [0.05, 0.1) is 5.02 Å². The smallest absolute Gasteiger partial charge is 0.120 e. The maximum Gasteiger partial charge on any atom is 0.120 e. The van der Waals surface area contributed by atoms with Gasteiger partial charge < -0.3 is 10.2 Å². The number of hydrogen-bond acceptors (Lipinski definition) is 2. The summed E-state index contributed by atoms with van der Waals surface area (Å²) in [4.78, 5) is 0. The maximum atomic E-state index is 9.33. The molecule has 0 saturated heterocycles. The van der Waals surface area contributed by atoms with Gasteiger partial charge in [0.25, 0.3) is 0 Å². The van der Waals surface area contributed by atoms with E-state index in [1.807, 2.05) is 0 Å². The zero-order valence-electron chi connectivity index (χ0n) is 6.22. The van der Waals surface area contributed by atoms with Crippen LogP contribution < -0.4 is 0 Å². The molecule has 0 heterocycles. The van der Waals surface area contributed by atoms with Crippen molar-refractivity contribution in [2.75, 3.05) is 6.61 Å². The Morgan fingerprint density at radius 3 is 2.67 bits per heavy atom. The molecule has 0 amide bonds. The summed E-state index contributed by atoms with van der Waals surface area (Å²) < 4.78 is 0.727. The predicted molar refractivity (Wildman–Crippen MR) is 51.6 cm³/mol. The fraction of sp³-hybridized carbons (Fsp3) is 0.250. The number of phenols is 1. The molecule has 1 aromatic carbocycles. The van der Waals surface area contributed by atoms with Crippen LogP contribution in [0.5, 0.6) is 5.75 Å². The largest absolute Gasteiger partial charge is 0.508 e. The van der Waals surface area contributed by atoms with E-state index in [1.54, 1.807) is 12.1 Å². The van der Waals surface area contributed by atoms with Gasteiger partial charge in [-0.05, 0) is 28.1 Å². The number of benzene rings is 1. The first kappa shape index (κ1) is 9.84. The molecule has 2 nitrogen and oxygen atoms in total. The van der Waals surface area contributed by atoms with Crippen LogP contribution in [0.25, 0.3) is 0 Å². The summed E-state index contributed by atoms with van der Waals surface area (Å²) in [6.45, 7) is -0.0241. The van der Waals surface area contributed by atoms with Crippen molar-refractivity contribution in [3.63, 3.8) is 0 Å². The molecular weight excluding hydrogens is 243 g/mol. The van der Waals surface area contributed by atoms with Gasteiger partial charge in [0.2, 0.25) is 0 Å². The van der Waals surface area contributed by atoms with Gasteiger partial charge in [-0.2, -0.15) is 0 Å². The van der Waals surface area contributed by atoms with Crippen LogP contribution in [0.3, 0.4) is 0 Å². The van der Waals surface area contributed by atoms with E-state index in [0.29, 0.717) is 17.0 Å². The Balaban J connectivity index is 3.14. The highest BCUT2D eigenvalue weighted by Gasteiger charge is 2.08. The number of aromatic hydroxyl groups is 1. The third-order valence-electron chi connectivity index (χ3n) is 1.53. The number of halogens is 2. The van der Waals surface area contributed by atoms with Gasteiger partial charge in [-0.25, -0.2) is 0 Å². The van der Waals surface area contributed by atoms with E-state index in [9.17, 15) is 5.11 Å². The Labute approximate surface area is 83.9 Å². The van der Waals surface area contributed by atoms with Crippen molar-refractivity contribution in [3.8, 4) is 5.75 Å². The van der Waals surface area contributed by atoms with Crippen LogP contribution in [-0.4, -0.2) is 16.8 Å². The van der Waals surface area contributed by atoms with Crippen molar-refractivity contribution in [2.45, 2.75) is 6.42 Å². The molecule has 0 aliphatic heterocycles. The van der Waals surface area contributed by atoms with Crippen LogP contribution >= 0.6 is 27.5 Å². The quantitative estimate of drug-likeness (QED) is 0.847. The Bertz CT molecular complexity index is 289. The SMILES string of the molecule is OCCc1c(O)ccc(Br)c1Cl. The van der Waals surface area contributed by atoms with Crippen molar-refractivity contribution in [3.05, 3.63) is 27.2 Å². The second-order valence-corrected chi connectivity index (χ2v) is 3.56. The molecule has 12 heavy (non-hydrogen) atoms. The highest BCUT2D eigenvalue weighted by atomic mass is 79.9. The molecule has 0 aliphatic carbocycles. The highest BCUT2D eigenvalue weighted by Crippen LogP contribution is 2.32. The van der Waals surface area contributed by atoms with Crippen molar-refractivity contribution >= 4 is 27.5 Å². The van der Waals surface area contributed by atoms with E-state index in [2.05, 4.69) is 15.9 Å². The second-order valence-electron chi connectivity index (χ2n) is 2.33. The van der Waals surface area contributed by atoms with E-state index in [-0.39, 0.29) is 12.4 Å². The summed E-state index contributed by atoms with van der Waals surface area (Å²) in [5.41, 5.74) is 0.577. The van der Waals surface area contributed by atoms with Gasteiger partial charge in [0.1, 0.15) is 5.75 Å². The minimum absolute atomic E-state index is 0.0241. The Hall–Kier alpha value is -0.250. The first-order valence-electron chi connectivity index (χ1n) is 3.43. The average Bonchev–Trinajstić information content (AvgIpc) is 2.06. The summed E-state index contributed by atoms with van der Waals surface area (Å²) in [6.07, 6.45) is 0.365. The Morgan fingerprint density at radius 1 is 1.42 bits per heavy atom. The number of aliphatic hydroxyl groups excluding tert-OH is 1. The second kappa shape index (κ2) is 4.12. The molecule has 0 saturated carbocycles. The summed E-state index contributed by atoms with van der Waals surface area (Å²) in [5, 5.41) is 18.5. The molecule has 0 aromatic heterocycles. The Kier molecular flexibility index (Phi) is 3.38. The van der Waals surface area contributed by atoms with Crippen LogP contribution in [0.4, 0.5) is 0 Å². The number of rotatable bonds is 2. The topological polar surface area (TPSA) is 40.5 Å². The maximum absolute atomic E-state index is 9.33. The summed E-state index contributed by atoms with van der Waals surface area (Å²) in [7, 11) is 0. The first-order chi connectivity index (χ1) is 5.66. The molecule has 0 spiro atoms. The standard InChI is InChI=1S/C8H8BrClO2/c9-6-1-2-7(12)5(3-4-11)8(6)10/h1-2,11-12H,3-4H2. The minimum atomic E-state index is -0.0241. The molecule has 0 aliphatic rings. The highest BCUT2D eigenvalue weighted by molar-refractivity contribution is 9.10. The fourth-order valence-electron chi connectivity index (χ4n) is 0.932. The molecule has 0 unspecified atom stereocenters. The van der Waals surface area contributed by atoms with Crippen molar-refractivity contribution < 1.29 is 10.2 Å². The summed E-state index contributed by atoms with van der Waals surface area (Å²) in [6, 6.07) is 3.21. The molecule has 66 valence electrons. The van der Waals surface area contributed by atoms with Crippen LogP contribution in [0.1, 0.15) is 5.56 Å². The lowest BCUT2D eigenvalue weighted by Crippen LogP contribution is -1.92. The fourth-order valence-corrected chi connectivity index (χ4v) is 1.56. The van der Waals surface area contributed by atoms with E-state index in [4.69, 9.17) is 16.7 Å². The van der Waals surface area contributed by atoms with Crippen molar-refractivity contribution in [1.82, 2.24) is 0 Å². The van der Waals surface area contributed by atoms with E-state index >= 15 is 0 Å². The van der Waals surface area contributed by atoms with Crippen LogP contribution in [0.2, 0.25) is 5.02 Å². The molecular formula is C8H8BrClO2. The lowest BCUT2D eigenvalue weighted by Gasteiger charge is -2.06. The molecule has 0 atom stereocenters. The molecule has 4 heteroatoms. The summed E-state index contributed by atoms with van der Waals surface area (Å²) >= 11 is 9.08. The van der Waals surface area contributed by atoms with Gasteiger partial charge in [0.15, 0.2) is 0 Å². The predicted octanol–water partition coefficient (Wildman–Crippen LogP) is 2.34. The minimum Gasteiger partial charge on any atom is -0.508 e.